The summed E-state index contributed by atoms with van der Waals surface area (Å²) in [7, 11) is 0. The van der Waals surface area contributed by atoms with Crippen molar-refractivity contribution >= 4 is 17.3 Å². The quantitative estimate of drug-likeness (QED) is 0.832. The highest BCUT2D eigenvalue weighted by Gasteiger charge is 2.39. The highest BCUT2D eigenvalue weighted by Crippen LogP contribution is 2.38. The summed E-state index contributed by atoms with van der Waals surface area (Å²) in [5, 5.41) is 10.9. The van der Waals surface area contributed by atoms with E-state index in [0.717, 1.165) is 11.3 Å². The fraction of sp³-hybridized carbons (Fsp3) is 0.500. The molecule has 1 N–H and O–H groups in total. The Hall–Kier alpha value is -0.870. The van der Waals surface area contributed by atoms with E-state index in [-0.39, 0.29) is 11.8 Å². The van der Waals surface area contributed by atoms with Crippen molar-refractivity contribution in [2.24, 2.45) is 0 Å². The third-order valence-electron chi connectivity index (χ3n) is 2.64. The molecule has 1 aliphatic rings. The lowest BCUT2D eigenvalue weighted by atomic mass is 9.82. The second-order valence-electron chi connectivity index (χ2n) is 3.63. The van der Waals surface area contributed by atoms with Gasteiger partial charge in [0.05, 0.1) is 13.0 Å². The molecule has 1 atom stereocenters. The molecule has 76 valence electrons. The molecule has 0 bridgehead atoms. The average Bonchev–Trinajstić information content (AvgIpc) is 2.69. The Morgan fingerprint density at radius 1 is 1.71 bits per heavy atom. The van der Waals surface area contributed by atoms with E-state index in [1.165, 1.54) is 0 Å². The molecule has 0 aliphatic carbocycles. The molecule has 1 saturated heterocycles. The van der Waals surface area contributed by atoms with Crippen molar-refractivity contribution in [2.75, 3.05) is 13.2 Å². The Morgan fingerprint density at radius 2 is 2.57 bits per heavy atom. The molecule has 4 heteroatoms. The number of aliphatic carboxylic acids is 1. The molecule has 3 nitrogen and oxygen atoms in total. The zero-order valence-corrected chi connectivity index (χ0v) is 8.55. The molecule has 14 heavy (non-hydrogen) atoms. The number of hydrogen-bond donors (Lipinski definition) is 1. The maximum atomic E-state index is 10.8. The van der Waals surface area contributed by atoms with Crippen LogP contribution in [0.15, 0.2) is 17.5 Å². The van der Waals surface area contributed by atoms with Gasteiger partial charge in [0.2, 0.25) is 0 Å². The molecule has 1 aromatic rings. The van der Waals surface area contributed by atoms with Gasteiger partial charge in [0.1, 0.15) is 0 Å². The first-order valence-electron chi connectivity index (χ1n) is 4.56. The molecular weight excluding hydrogens is 200 g/mol. The minimum atomic E-state index is -0.746. The van der Waals surface area contributed by atoms with Crippen molar-refractivity contribution < 1.29 is 14.6 Å². The lowest BCUT2D eigenvalue weighted by Gasteiger charge is -2.23. The Labute approximate surface area is 86.3 Å². The third kappa shape index (κ3) is 1.67. The van der Waals surface area contributed by atoms with Crippen molar-refractivity contribution in [1.82, 2.24) is 0 Å². The Bertz CT molecular complexity index is 312. The standard InChI is InChI=1S/C10H12O3S/c11-9(12)6-10(3-4-13-7-10)8-2-1-5-14-8/h1-2,5H,3-4,6-7H2,(H,11,12). The smallest absolute Gasteiger partial charge is 0.304 e. The summed E-state index contributed by atoms with van der Waals surface area (Å²) in [6.45, 7) is 1.21. The summed E-state index contributed by atoms with van der Waals surface area (Å²) in [5.41, 5.74) is -0.264. The first-order chi connectivity index (χ1) is 6.73. The van der Waals surface area contributed by atoms with Crippen molar-refractivity contribution in [1.29, 1.82) is 0 Å². The summed E-state index contributed by atoms with van der Waals surface area (Å²) in [6, 6.07) is 3.96. The molecule has 0 saturated carbocycles. The second kappa shape index (κ2) is 3.71. The first-order valence-corrected chi connectivity index (χ1v) is 5.44. The molecule has 1 aromatic heterocycles. The van der Waals surface area contributed by atoms with E-state index in [1.54, 1.807) is 11.3 Å². The summed E-state index contributed by atoms with van der Waals surface area (Å²) in [6.07, 6.45) is 0.993. The van der Waals surface area contributed by atoms with Crippen molar-refractivity contribution in [3.63, 3.8) is 0 Å². The lowest BCUT2D eigenvalue weighted by Crippen LogP contribution is -2.28. The van der Waals surface area contributed by atoms with Gasteiger partial charge in [0.15, 0.2) is 0 Å². The van der Waals surface area contributed by atoms with E-state index in [2.05, 4.69) is 0 Å². The van der Waals surface area contributed by atoms with Crippen LogP contribution < -0.4 is 0 Å². The van der Waals surface area contributed by atoms with Crippen LogP contribution in [-0.4, -0.2) is 24.3 Å². The molecule has 1 unspecified atom stereocenters. The van der Waals surface area contributed by atoms with Gasteiger partial charge in [-0.2, -0.15) is 0 Å². The van der Waals surface area contributed by atoms with Gasteiger partial charge < -0.3 is 9.84 Å². The average molecular weight is 212 g/mol. The number of carboxylic acids is 1. The van der Waals surface area contributed by atoms with Crippen molar-refractivity contribution in [3.8, 4) is 0 Å². The maximum Gasteiger partial charge on any atom is 0.304 e. The van der Waals surface area contributed by atoms with Crippen LogP contribution in [0.4, 0.5) is 0 Å². The zero-order valence-electron chi connectivity index (χ0n) is 7.73. The number of ether oxygens (including phenoxy) is 1. The largest absolute Gasteiger partial charge is 0.481 e. The molecule has 2 rings (SSSR count). The van der Waals surface area contributed by atoms with Crippen LogP contribution in [-0.2, 0) is 14.9 Å². The van der Waals surface area contributed by atoms with E-state index in [0.29, 0.717) is 13.2 Å². The normalized spacial score (nSPS) is 26.6. The van der Waals surface area contributed by atoms with Gasteiger partial charge in [-0.3, -0.25) is 4.79 Å². The van der Waals surface area contributed by atoms with E-state index in [1.807, 2.05) is 17.5 Å². The number of rotatable bonds is 3. The van der Waals surface area contributed by atoms with Gasteiger partial charge in [-0.1, -0.05) is 6.07 Å². The molecule has 0 amide bonds. The molecule has 1 fully saturated rings. The highest BCUT2D eigenvalue weighted by atomic mass is 32.1. The summed E-state index contributed by atoms with van der Waals surface area (Å²) < 4.78 is 5.33. The van der Waals surface area contributed by atoms with E-state index in [4.69, 9.17) is 9.84 Å². The summed E-state index contributed by atoms with van der Waals surface area (Å²) >= 11 is 1.62. The first kappa shape index (κ1) is 9.68. The summed E-state index contributed by atoms with van der Waals surface area (Å²) in [5.74, 6) is -0.746. The highest BCUT2D eigenvalue weighted by molar-refractivity contribution is 7.10. The van der Waals surface area contributed by atoms with Gasteiger partial charge in [-0.05, 0) is 17.9 Å². The maximum absolute atomic E-state index is 10.8. The molecule has 0 spiro atoms. The van der Waals surface area contributed by atoms with E-state index >= 15 is 0 Å². The van der Waals surface area contributed by atoms with Crippen LogP contribution in [0.3, 0.4) is 0 Å². The molecule has 0 radical (unpaired) electrons. The van der Waals surface area contributed by atoms with Crippen LogP contribution in [0.1, 0.15) is 17.7 Å². The van der Waals surface area contributed by atoms with E-state index < -0.39 is 5.97 Å². The van der Waals surface area contributed by atoms with Gasteiger partial charge in [-0.15, -0.1) is 11.3 Å². The van der Waals surface area contributed by atoms with Gasteiger partial charge in [0, 0.05) is 16.9 Å². The number of carbonyl (C=O) groups is 1. The zero-order chi connectivity index (χ0) is 10.0. The van der Waals surface area contributed by atoms with Crippen LogP contribution >= 0.6 is 11.3 Å². The number of carboxylic acid groups (broad SMARTS) is 1. The Morgan fingerprint density at radius 3 is 3.07 bits per heavy atom. The topological polar surface area (TPSA) is 46.5 Å². The predicted molar refractivity (Wildman–Crippen MR) is 53.7 cm³/mol. The molecule has 2 heterocycles. The molecular formula is C10H12O3S. The van der Waals surface area contributed by atoms with Crippen LogP contribution in [0.2, 0.25) is 0 Å². The van der Waals surface area contributed by atoms with Crippen LogP contribution in [0.25, 0.3) is 0 Å². The van der Waals surface area contributed by atoms with Crippen molar-refractivity contribution in [2.45, 2.75) is 18.3 Å². The second-order valence-corrected chi connectivity index (χ2v) is 4.58. The lowest BCUT2D eigenvalue weighted by molar-refractivity contribution is -0.138. The Kier molecular flexibility index (Phi) is 2.56. The molecule has 1 aliphatic heterocycles. The predicted octanol–water partition coefficient (Wildman–Crippen LogP) is 1.88. The van der Waals surface area contributed by atoms with E-state index in [9.17, 15) is 4.79 Å². The Balaban J connectivity index is 2.26. The SMILES string of the molecule is O=C(O)CC1(c2cccs2)CCOC1. The summed E-state index contributed by atoms with van der Waals surface area (Å²) in [4.78, 5) is 11.9. The van der Waals surface area contributed by atoms with Crippen LogP contribution in [0, 0.1) is 0 Å². The minimum absolute atomic E-state index is 0.174. The fourth-order valence-electron chi connectivity index (χ4n) is 1.90. The van der Waals surface area contributed by atoms with Crippen molar-refractivity contribution in [3.05, 3.63) is 22.4 Å². The van der Waals surface area contributed by atoms with Gasteiger partial charge >= 0.3 is 5.97 Å². The third-order valence-corrected chi connectivity index (χ3v) is 3.75. The van der Waals surface area contributed by atoms with Gasteiger partial charge in [0.25, 0.3) is 0 Å². The number of thiophene rings is 1. The van der Waals surface area contributed by atoms with Crippen LogP contribution in [0.5, 0.6) is 0 Å². The fourth-order valence-corrected chi connectivity index (χ4v) is 2.84. The number of hydrogen-bond acceptors (Lipinski definition) is 3. The molecule has 0 aromatic carbocycles. The minimum Gasteiger partial charge on any atom is -0.481 e. The monoisotopic (exact) mass is 212 g/mol. The van der Waals surface area contributed by atoms with Gasteiger partial charge in [-0.25, -0.2) is 0 Å².